The summed E-state index contributed by atoms with van der Waals surface area (Å²) in [5.74, 6) is -1.80. The molecule has 1 aliphatic rings. The van der Waals surface area contributed by atoms with E-state index in [0.717, 1.165) is 11.8 Å². The Labute approximate surface area is 175 Å². The van der Waals surface area contributed by atoms with E-state index in [-0.39, 0.29) is 24.5 Å². The van der Waals surface area contributed by atoms with Crippen molar-refractivity contribution in [2.24, 2.45) is 0 Å². The van der Waals surface area contributed by atoms with Gasteiger partial charge in [-0.1, -0.05) is 36.1 Å². The number of anilines is 1. The lowest BCUT2D eigenvalue weighted by Gasteiger charge is -2.14. The molecule has 2 aromatic carbocycles. The van der Waals surface area contributed by atoms with Gasteiger partial charge >= 0.3 is 11.9 Å². The number of carbonyl (C=O) groups is 3. The largest absolute Gasteiger partial charge is 0.493 e. The first-order valence-electron chi connectivity index (χ1n) is 8.41. The second-order valence-corrected chi connectivity index (χ2v) is 7.61. The van der Waals surface area contributed by atoms with E-state index >= 15 is 0 Å². The summed E-state index contributed by atoms with van der Waals surface area (Å²) < 4.78 is 5.75. The molecule has 7 nitrogen and oxygen atoms in total. The van der Waals surface area contributed by atoms with Crippen LogP contribution in [0.1, 0.15) is 22.3 Å². The number of carboxylic acid groups (broad SMARTS) is 2. The van der Waals surface area contributed by atoms with Gasteiger partial charge in [-0.2, -0.15) is 0 Å². The number of ether oxygens (including phenoxy) is 1. The number of rotatable bonds is 7. The number of hydrogen-bond acceptors (Lipinski definition) is 6. The number of benzene rings is 2. The summed E-state index contributed by atoms with van der Waals surface area (Å²) in [6.45, 7) is 0.0488. The second-order valence-electron chi connectivity index (χ2n) is 5.93. The van der Waals surface area contributed by atoms with Crippen LogP contribution in [0.4, 0.5) is 5.69 Å². The summed E-state index contributed by atoms with van der Waals surface area (Å²) in [4.78, 5) is 36.1. The van der Waals surface area contributed by atoms with Gasteiger partial charge in [-0.3, -0.25) is 14.5 Å². The minimum Gasteiger partial charge on any atom is -0.493 e. The lowest BCUT2D eigenvalue weighted by molar-refractivity contribution is -0.137. The number of amides is 1. The molecular weight excluding hydrogens is 414 g/mol. The van der Waals surface area contributed by atoms with Crippen molar-refractivity contribution in [2.75, 3.05) is 11.5 Å². The summed E-state index contributed by atoms with van der Waals surface area (Å²) in [5.41, 5.74) is 1.32. The molecule has 2 N–H and O–H groups in total. The van der Waals surface area contributed by atoms with Crippen LogP contribution in [0.5, 0.6) is 5.75 Å². The van der Waals surface area contributed by atoms with Crippen LogP contribution in [0.2, 0.25) is 0 Å². The Balaban J connectivity index is 1.77. The zero-order chi connectivity index (χ0) is 21.0. The highest BCUT2D eigenvalue weighted by molar-refractivity contribution is 8.27. The third-order valence-corrected chi connectivity index (χ3v) is 5.21. The highest BCUT2D eigenvalue weighted by atomic mass is 32.2. The molecule has 1 fully saturated rings. The van der Waals surface area contributed by atoms with Crippen LogP contribution in [0.25, 0.3) is 6.08 Å². The van der Waals surface area contributed by atoms with Crippen molar-refractivity contribution in [3.8, 4) is 5.75 Å². The smallest absolute Gasteiger partial charge is 0.335 e. The summed E-state index contributed by atoms with van der Waals surface area (Å²) in [6, 6.07) is 12.8. The Morgan fingerprint density at radius 2 is 1.86 bits per heavy atom. The Kier molecular flexibility index (Phi) is 6.30. The normalized spacial score (nSPS) is 15.0. The molecule has 0 atom stereocenters. The van der Waals surface area contributed by atoms with Gasteiger partial charge in [0.2, 0.25) is 0 Å². The number of hydrogen-bond donors (Lipinski definition) is 2. The Bertz CT molecular complexity index is 1020. The van der Waals surface area contributed by atoms with Gasteiger partial charge in [-0.05, 0) is 48.0 Å². The molecule has 0 bridgehead atoms. The molecule has 3 rings (SSSR count). The molecule has 29 heavy (non-hydrogen) atoms. The van der Waals surface area contributed by atoms with Gasteiger partial charge in [0.1, 0.15) is 5.75 Å². The number of carbonyl (C=O) groups excluding carboxylic acids is 1. The molecule has 0 radical (unpaired) electrons. The summed E-state index contributed by atoms with van der Waals surface area (Å²) in [6.07, 6.45) is 1.57. The van der Waals surface area contributed by atoms with Crippen LogP contribution in [0.3, 0.4) is 0 Å². The lowest BCUT2D eigenvalue weighted by Crippen LogP contribution is -2.27. The molecule has 1 amide bonds. The zero-order valence-corrected chi connectivity index (χ0v) is 16.5. The molecule has 9 heteroatoms. The van der Waals surface area contributed by atoms with E-state index in [1.165, 1.54) is 29.2 Å². The molecule has 0 unspecified atom stereocenters. The van der Waals surface area contributed by atoms with Gasteiger partial charge in [-0.15, -0.1) is 0 Å². The standard InChI is InChI=1S/C20H15NO6S2/c22-17(23)8-9-27-15-3-1-2-12(10-15)11-16-18(24)21(20(28)29-16)14-6-4-13(5-7-14)19(25)26/h1-7,10-11H,8-9H2,(H,22,23)(H,25,26)/b16-11-. The fourth-order valence-electron chi connectivity index (χ4n) is 2.55. The van der Waals surface area contributed by atoms with Gasteiger partial charge < -0.3 is 14.9 Å². The Hall–Kier alpha value is -3.17. The monoisotopic (exact) mass is 429 g/mol. The van der Waals surface area contributed by atoms with Gasteiger partial charge in [0.05, 0.1) is 29.2 Å². The van der Waals surface area contributed by atoms with Crippen LogP contribution in [0.15, 0.2) is 53.4 Å². The maximum atomic E-state index is 12.8. The van der Waals surface area contributed by atoms with E-state index in [0.29, 0.717) is 26.2 Å². The number of nitrogens with zero attached hydrogens (tertiary/aromatic N) is 1. The molecule has 0 aromatic heterocycles. The van der Waals surface area contributed by atoms with Gasteiger partial charge in [-0.25, -0.2) is 4.79 Å². The summed E-state index contributed by atoms with van der Waals surface area (Å²) in [5, 5.41) is 17.7. The zero-order valence-electron chi connectivity index (χ0n) is 14.9. The minimum atomic E-state index is -1.05. The van der Waals surface area contributed by atoms with Crippen LogP contribution in [0, 0.1) is 0 Å². The maximum absolute atomic E-state index is 12.8. The van der Waals surface area contributed by atoms with Crippen molar-refractivity contribution in [1.29, 1.82) is 0 Å². The molecule has 148 valence electrons. The van der Waals surface area contributed by atoms with Crippen molar-refractivity contribution < 1.29 is 29.3 Å². The average molecular weight is 429 g/mol. The molecule has 0 aliphatic carbocycles. The fourth-order valence-corrected chi connectivity index (χ4v) is 3.84. The highest BCUT2D eigenvalue weighted by Crippen LogP contribution is 2.36. The molecule has 1 aliphatic heterocycles. The van der Waals surface area contributed by atoms with E-state index in [9.17, 15) is 14.4 Å². The Morgan fingerprint density at radius 1 is 1.14 bits per heavy atom. The SMILES string of the molecule is O=C(O)CCOc1cccc(/C=C2\SC(=S)N(c3ccc(C(=O)O)cc3)C2=O)c1. The number of aromatic carboxylic acids is 1. The average Bonchev–Trinajstić information content (AvgIpc) is 2.95. The minimum absolute atomic E-state index is 0.0488. The molecule has 1 saturated heterocycles. The number of thioether (sulfide) groups is 1. The van der Waals surface area contributed by atoms with Crippen molar-refractivity contribution in [2.45, 2.75) is 6.42 Å². The summed E-state index contributed by atoms with van der Waals surface area (Å²) in [7, 11) is 0. The van der Waals surface area contributed by atoms with Crippen LogP contribution in [-0.2, 0) is 9.59 Å². The van der Waals surface area contributed by atoms with E-state index < -0.39 is 11.9 Å². The topological polar surface area (TPSA) is 104 Å². The predicted octanol–water partition coefficient (Wildman–Crippen LogP) is 3.64. The van der Waals surface area contributed by atoms with E-state index in [4.69, 9.17) is 27.2 Å². The first-order valence-corrected chi connectivity index (χ1v) is 9.63. The quantitative estimate of drug-likeness (QED) is 0.508. The van der Waals surface area contributed by atoms with Crippen LogP contribution in [-0.4, -0.2) is 39.0 Å². The second kappa shape index (κ2) is 8.89. The fraction of sp³-hybridized carbons (Fsp3) is 0.100. The van der Waals surface area contributed by atoms with E-state index in [1.807, 2.05) is 0 Å². The van der Waals surface area contributed by atoms with Crippen molar-refractivity contribution >= 4 is 57.9 Å². The van der Waals surface area contributed by atoms with Crippen molar-refractivity contribution in [3.63, 3.8) is 0 Å². The van der Waals surface area contributed by atoms with Gasteiger partial charge in [0.25, 0.3) is 5.91 Å². The number of carboxylic acids is 2. The third kappa shape index (κ3) is 5.01. The molecule has 2 aromatic rings. The van der Waals surface area contributed by atoms with Crippen molar-refractivity contribution in [1.82, 2.24) is 0 Å². The first kappa shape index (κ1) is 20.6. The number of thiocarbonyl (C=S) groups is 1. The molecule has 0 spiro atoms. The first-order chi connectivity index (χ1) is 13.8. The van der Waals surface area contributed by atoms with Gasteiger partial charge in [0, 0.05) is 0 Å². The van der Waals surface area contributed by atoms with Gasteiger partial charge in [0.15, 0.2) is 4.32 Å². The van der Waals surface area contributed by atoms with Crippen LogP contribution < -0.4 is 9.64 Å². The molecule has 0 saturated carbocycles. The van der Waals surface area contributed by atoms with E-state index in [2.05, 4.69) is 0 Å². The Morgan fingerprint density at radius 3 is 2.52 bits per heavy atom. The number of aliphatic carboxylic acids is 1. The highest BCUT2D eigenvalue weighted by Gasteiger charge is 2.33. The third-order valence-electron chi connectivity index (χ3n) is 3.91. The van der Waals surface area contributed by atoms with Crippen LogP contribution >= 0.6 is 24.0 Å². The molecule has 1 heterocycles. The molecular formula is C20H15NO6S2. The lowest BCUT2D eigenvalue weighted by atomic mass is 10.2. The predicted molar refractivity (Wildman–Crippen MR) is 113 cm³/mol. The van der Waals surface area contributed by atoms with Crippen molar-refractivity contribution in [3.05, 3.63) is 64.6 Å². The summed E-state index contributed by atoms with van der Waals surface area (Å²) >= 11 is 6.46. The maximum Gasteiger partial charge on any atom is 0.335 e. The van der Waals surface area contributed by atoms with E-state index in [1.54, 1.807) is 30.3 Å².